The van der Waals surface area contributed by atoms with E-state index >= 15 is 0 Å². The van der Waals surface area contributed by atoms with E-state index in [1.807, 2.05) is 18.2 Å². The van der Waals surface area contributed by atoms with Crippen molar-refractivity contribution in [2.45, 2.75) is 51.0 Å². The van der Waals surface area contributed by atoms with Crippen molar-refractivity contribution >= 4 is 23.4 Å². The number of carbonyl (C=O) groups excluding carboxylic acids is 2. The van der Waals surface area contributed by atoms with E-state index in [2.05, 4.69) is 26.1 Å². The van der Waals surface area contributed by atoms with Gasteiger partial charge in [-0.2, -0.15) is 0 Å². The SMILES string of the molecule is O=C(CN1CCC(C(=O)N2CCCCC2)CC1)NCC(c1ccccc1Cl)N1CCCC1. The largest absolute Gasteiger partial charge is 0.353 e. The number of nitrogens with zero attached hydrogens (tertiary/aromatic N) is 3. The van der Waals surface area contributed by atoms with Crippen LogP contribution in [0.15, 0.2) is 24.3 Å². The van der Waals surface area contributed by atoms with Crippen LogP contribution in [0, 0.1) is 5.92 Å². The molecule has 1 N–H and O–H groups in total. The van der Waals surface area contributed by atoms with Crippen molar-refractivity contribution in [2.75, 3.05) is 52.4 Å². The molecule has 1 aromatic rings. The molecule has 1 aromatic carbocycles. The molecule has 0 bridgehead atoms. The van der Waals surface area contributed by atoms with Crippen molar-refractivity contribution in [1.82, 2.24) is 20.0 Å². The zero-order chi connectivity index (χ0) is 22.3. The van der Waals surface area contributed by atoms with Crippen LogP contribution in [0.25, 0.3) is 0 Å². The van der Waals surface area contributed by atoms with Crippen LogP contribution in [-0.4, -0.2) is 78.9 Å². The smallest absolute Gasteiger partial charge is 0.234 e. The van der Waals surface area contributed by atoms with Crippen LogP contribution >= 0.6 is 11.6 Å². The second-order valence-electron chi connectivity index (χ2n) is 9.52. The van der Waals surface area contributed by atoms with Crippen LogP contribution in [0.5, 0.6) is 0 Å². The minimum Gasteiger partial charge on any atom is -0.353 e. The van der Waals surface area contributed by atoms with Gasteiger partial charge in [-0.3, -0.25) is 19.4 Å². The maximum Gasteiger partial charge on any atom is 0.234 e. The molecule has 6 nitrogen and oxygen atoms in total. The van der Waals surface area contributed by atoms with E-state index in [0.29, 0.717) is 19.0 Å². The topological polar surface area (TPSA) is 55.9 Å². The first-order valence-corrected chi connectivity index (χ1v) is 12.8. The van der Waals surface area contributed by atoms with Gasteiger partial charge < -0.3 is 10.2 Å². The molecule has 2 amide bonds. The highest BCUT2D eigenvalue weighted by atomic mass is 35.5. The van der Waals surface area contributed by atoms with Crippen LogP contribution in [0.4, 0.5) is 0 Å². The van der Waals surface area contributed by atoms with Gasteiger partial charge in [0.15, 0.2) is 0 Å². The van der Waals surface area contributed by atoms with E-state index in [1.54, 1.807) is 0 Å². The summed E-state index contributed by atoms with van der Waals surface area (Å²) in [5.74, 6) is 0.524. The number of rotatable bonds is 7. The number of halogens is 1. The van der Waals surface area contributed by atoms with Gasteiger partial charge in [-0.25, -0.2) is 0 Å². The van der Waals surface area contributed by atoms with Crippen LogP contribution in [0.1, 0.15) is 56.6 Å². The van der Waals surface area contributed by atoms with Crippen molar-refractivity contribution in [1.29, 1.82) is 0 Å². The Kier molecular flexibility index (Phi) is 8.44. The lowest BCUT2D eigenvalue weighted by molar-refractivity contribution is -0.138. The predicted octanol–water partition coefficient (Wildman–Crippen LogP) is 3.32. The maximum absolute atomic E-state index is 12.8. The van der Waals surface area contributed by atoms with Gasteiger partial charge in [0.1, 0.15) is 0 Å². The third kappa shape index (κ3) is 6.03. The van der Waals surface area contributed by atoms with E-state index in [9.17, 15) is 9.59 Å². The molecule has 1 atom stereocenters. The molecule has 3 heterocycles. The summed E-state index contributed by atoms with van der Waals surface area (Å²) in [7, 11) is 0. The highest BCUT2D eigenvalue weighted by Gasteiger charge is 2.30. The van der Waals surface area contributed by atoms with Gasteiger partial charge in [0.25, 0.3) is 0 Å². The second-order valence-corrected chi connectivity index (χ2v) is 9.93. The van der Waals surface area contributed by atoms with E-state index in [0.717, 1.165) is 75.5 Å². The molecule has 4 rings (SSSR count). The fourth-order valence-corrected chi connectivity index (χ4v) is 5.68. The molecule has 7 heteroatoms. The van der Waals surface area contributed by atoms with Crippen molar-refractivity contribution < 1.29 is 9.59 Å². The first-order chi connectivity index (χ1) is 15.6. The third-order valence-corrected chi connectivity index (χ3v) is 7.65. The molecule has 3 fully saturated rings. The standard InChI is InChI=1S/C25H37ClN4O2/c26-22-9-3-2-8-21(22)23(29-12-6-7-13-29)18-27-24(31)19-28-16-10-20(11-17-28)25(32)30-14-4-1-5-15-30/h2-3,8-9,20,23H,1,4-7,10-19H2,(H,27,31). The van der Waals surface area contributed by atoms with Crippen LogP contribution < -0.4 is 5.32 Å². The summed E-state index contributed by atoms with van der Waals surface area (Å²) >= 11 is 6.49. The Morgan fingerprint density at radius 1 is 0.938 bits per heavy atom. The molecule has 0 radical (unpaired) electrons. The van der Waals surface area contributed by atoms with E-state index in [1.165, 1.54) is 19.3 Å². The molecule has 0 aliphatic carbocycles. The number of amides is 2. The number of nitrogens with one attached hydrogen (secondary N) is 1. The third-order valence-electron chi connectivity index (χ3n) is 7.31. The van der Waals surface area contributed by atoms with Crippen LogP contribution in [-0.2, 0) is 9.59 Å². The number of hydrogen-bond acceptors (Lipinski definition) is 4. The van der Waals surface area contributed by atoms with Gasteiger partial charge in [0.2, 0.25) is 11.8 Å². The molecule has 3 aliphatic heterocycles. The molecule has 0 spiro atoms. The van der Waals surface area contributed by atoms with E-state index in [-0.39, 0.29) is 17.9 Å². The molecule has 3 saturated heterocycles. The van der Waals surface area contributed by atoms with Gasteiger partial charge >= 0.3 is 0 Å². The summed E-state index contributed by atoms with van der Waals surface area (Å²) in [5.41, 5.74) is 1.09. The summed E-state index contributed by atoms with van der Waals surface area (Å²) < 4.78 is 0. The monoisotopic (exact) mass is 460 g/mol. The molecule has 32 heavy (non-hydrogen) atoms. The van der Waals surface area contributed by atoms with Gasteiger partial charge in [-0.1, -0.05) is 29.8 Å². The minimum atomic E-state index is 0.0575. The Bertz CT molecular complexity index is 769. The first-order valence-electron chi connectivity index (χ1n) is 12.4. The fourth-order valence-electron chi connectivity index (χ4n) is 5.41. The van der Waals surface area contributed by atoms with Crippen molar-refractivity contribution in [3.05, 3.63) is 34.9 Å². The van der Waals surface area contributed by atoms with Crippen molar-refractivity contribution in [2.24, 2.45) is 5.92 Å². The summed E-state index contributed by atoms with van der Waals surface area (Å²) in [6.07, 6.45) is 7.62. The lowest BCUT2D eigenvalue weighted by Crippen LogP contribution is -2.47. The number of hydrogen-bond donors (Lipinski definition) is 1. The average Bonchev–Trinajstić information content (AvgIpc) is 3.36. The van der Waals surface area contributed by atoms with E-state index in [4.69, 9.17) is 11.6 Å². The molecule has 0 aromatic heterocycles. The van der Waals surface area contributed by atoms with Crippen molar-refractivity contribution in [3.8, 4) is 0 Å². The molecule has 0 saturated carbocycles. The highest BCUT2D eigenvalue weighted by Crippen LogP contribution is 2.29. The Hall–Kier alpha value is -1.63. The Morgan fingerprint density at radius 2 is 1.59 bits per heavy atom. The number of likely N-dealkylation sites (tertiary alicyclic amines) is 3. The maximum atomic E-state index is 12.8. The van der Waals surface area contributed by atoms with Gasteiger partial charge in [0, 0.05) is 30.6 Å². The quantitative estimate of drug-likeness (QED) is 0.678. The molecule has 1 unspecified atom stereocenters. The summed E-state index contributed by atoms with van der Waals surface area (Å²) in [4.78, 5) is 32.2. The zero-order valence-corrected chi connectivity index (χ0v) is 19.9. The summed E-state index contributed by atoms with van der Waals surface area (Å²) in [5, 5.41) is 3.93. The predicted molar refractivity (Wildman–Crippen MR) is 128 cm³/mol. The highest BCUT2D eigenvalue weighted by molar-refractivity contribution is 6.31. The van der Waals surface area contributed by atoms with E-state index < -0.39 is 0 Å². The lowest BCUT2D eigenvalue weighted by atomic mass is 9.94. The molecule has 176 valence electrons. The molecular weight excluding hydrogens is 424 g/mol. The Labute approximate surface area is 197 Å². The Morgan fingerprint density at radius 3 is 2.28 bits per heavy atom. The van der Waals surface area contributed by atoms with Gasteiger partial charge in [-0.05, 0) is 82.8 Å². The minimum absolute atomic E-state index is 0.0575. The zero-order valence-electron chi connectivity index (χ0n) is 19.1. The lowest BCUT2D eigenvalue weighted by Gasteiger charge is -2.35. The molecule has 3 aliphatic rings. The van der Waals surface area contributed by atoms with Crippen molar-refractivity contribution in [3.63, 3.8) is 0 Å². The van der Waals surface area contributed by atoms with Crippen LogP contribution in [0.3, 0.4) is 0 Å². The summed E-state index contributed by atoms with van der Waals surface area (Å²) in [6, 6.07) is 8.08. The van der Waals surface area contributed by atoms with Crippen LogP contribution in [0.2, 0.25) is 5.02 Å². The summed E-state index contributed by atoms with van der Waals surface area (Å²) in [6.45, 7) is 6.55. The molecular formula is C25H37ClN4O2. The van der Waals surface area contributed by atoms with Gasteiger partial charge in [-0.15, -0.1) is 0 Å². The second kappa shape index (κ2) is 11.5. The average molecular weight is 461 g/mol. The number of carbonyl (C=O) groups is 2. The normalized spacial score (nSPS) is 22.1. The number of piperidine rings is 2. The number of benzene rings is 1. The first kappa shape index (κ1) is 23.5. The fraction of sp³-hybridized carbons (Fsp3) is 0.680. The Balaban J connectivity index is 1.24. The van der Waals surface area contributed by atoms with Gasteiger partial charge in [0.05, 0.1) is 12.6 Å².